The molecule has 0 atom stereocenters. The molecule has 4 N–H and O–H groups in total. The smallest absolute Gasteiger partial charge is 0.390 e. The summed E-state index contributed by atoms with van der Waals surface area (Å²) in [6, 6.07) is 16.7. The molecule has 0 fully saturated rings. The second-order valence-electron chi connectivity index (χ2n) is 7.01. The highest BCUT2D eigenvalue weighted by Gasteiger charge is 2.30. The van der Waals surface area contributed by atoms with E-state index in [4.69, 9.17) is 4.43 Å². The third-order valence-corrected chi connectivity index (χ3v) is 7.60. The Morgan fingerprint density at radius 1 is 1.00 bits per heavy atom. The SMILES string of the molecule is CCO[Si](O)(O)CCCNC(=O)NCCCN1c2ccccc2Sc2ccccc21. The van der Waals surface area contributed by atoms with Gasteiger partial charge in [-0.2, -0.15) is 0 Å². The number of urea groups is 1. The monoisotopic (exact) mass is 447 g/mol. The van der Waals surface area contributed by atoms with E-state index in [2.05, 4.69) is 51.9 Å². The fourth-order valence-electron chi connectivity index (χ4n) is 3.35. The molecule has 162 valence electrons. The van der Waals surface area contributed by atoms with Crippen LogP contribution in [-0.4, -0.2) is 50.7 Å². The van der Waals surface area contributed by atoms with Crippen molar-refractivity contribution >= 4 is 38.0 Å². The third kappa shape index (κ3) is 6.23. The van der Waals surface area contributed by atoms with Gasteiger partial charge in [-0.3, -0.25) is 0 Å². The Labute approximate surface area is 182 Å². The van der Waals surface area contributed by atoms with E-state index in [0.29, 0.717) is 19.5 Å². The predicted molar refractivity (Wildman–Crippen MR) is 121 cm³/mol. The zero-order valence-corrected chi connectivity index (χ0v) is 19.0. The minimum Gasteiger partial charge on any atom is -0.390 e. The van der Waals surface area contributed by atoms with Crippen LogP contribution in [0, 0.1) is 0 Å². The summed E-state index contributed by atoms with van der Waals surface area (Å²) >= 11 is 1.78. The lowest BCUT2D eigenvalue weighted by Gasteiger charge is -2.32. The van der Waals surface area contributed by atoms with Crippen LogP contribution >= 0.6 is 11.8 Å². The Morgan fingerprint density at radius 3 is 2.17 bits per heavy atom. The molecule has 0 radical (unpaired) electrons. The Hall–Kier alpha value is -2.04. The van der Waals surface area contributed by atoms with Gasteiger partial charge in [-0.25, -0.2) is 4.79 Å². The number of para-hydroxylation sites is 2. The molecule has 0 spiro atoms. The van der Waals surface area contributed by atoms with Crippen LogP contribution in [0.25, 0.3) is 0 Å². The zero-order chi connectivity index (χ0) is 21.4. The zero-order valence-electron chi connectivity index (χ0n) is 17.1. The highest BCUT2D eigenvalue weighted by atomic mass is 32.2. The van der Waals surface area contributed by atoms with Gasteiger partial charge in [0.05, 0.1) is 11.4 Å². The number of fused-ring (bicyclic) bond motifs is 2. The Bertz CT molecular complexity index is 807. The van der Waals surface area contributed by atoms with Crippen LogP contribution in [0.5, 0.6) is 0 Å². The van der Waals surface area contributed by atoms with E-state index in [1.807, 2.05) is 12.1 Å². The summed E-state index contributed by atoms with van der Waals surface area (Å²) in [7, 11) is -3.56. The predicted octanol–water partition coefficient (Wildman–Crippen LogP) is 3.33. The number of carbonyl (C=O) groups is 1. The van der Waals surface area contributed by atoms with E-state index in [0.717, 1.165) is 13.0 Å². The summed E-state index contributed by atoms with van der Waals surface area (Å²) in [6.07, 6.45) is 1.26. The van der Waals surface area contributed by atoms with Gasteiger partial charge in [0.15, 0.2) is 0 Å². The van der Waals surface area contributed by atoms with Gasteiger partial charge >= 0.3 is 14.8 Å². The van der Waals surface area contributed by atoms with Crippen LogP contribution in [0.2, 0.25) is 6.04 Å². The highest BCUT2D eigenvalue weighted by Crippen LogP contribution is 2.47. The van der Waals surface area contributed by atoms with Gasteiger partial charge in [0, 0.05) is 42.1 Å². The number of rotatable bonds is 10. The van der Waals surface area contributed by atoms with Crippen LogP contribution in [0.4, 0.5) is 16.2 Å². The number of carbonyl (C=O) groups excluding carboxylic acids is 1. The van der Waals surface area contributed by atoms with Crippen molar-refractivity contribution in [2.24, 2.45) is 0 Å². The van der Waals surface area contributed by atoms with Crippen LogP contribution in [0.1, 0.15) is 19.8 Å². The number of nitrogens with one attached hydrogen (secondary N) is 2. The molecule has 2 amide bonds. The summed E-state index contributed by atoms with van der Waals surface area (Å²) in [5, 5.41) is 5.61. The molecule has 2 aromatic rings. The lowest BCUT2D eigenvalue weighted by Crippen LogP contribution is -2.41. The molecule has 2 aromatic carbocycles. The molecular formula is C21H29N3O4SSi. The molecule has 9 heteroatoms. The van der Waals surface area contributed by atoms with Crippen molar-refractivity contribution < 1.29 is 18.8 Å². The topological polar surface area (TPSA) is 94.1 Å². The lowest BCUT2D eigenvalue weighted by atomic mass is 10.2. The maximum absolute atomic E-state index is 12.0. The van der Waals surface area contributed by atoms with Gasteiger partial charge in [-0.05, 0) is 44.0 Å². The van der Waals surface area contributed by atoms with Crippen molar-refractivity contribution in [3.63, 3.8) is 0 Å². The Kier molecular flexibility index (Phi) is 8.17. The molecule has 1 aliphatic heterocycles. The first-order valence-corrected chi connectivity index (χ1v) is 13.1. The third-order valence-electron chi connectivity index (χ3n) is 4.72. The number of hydrogen-bond acceptors (Lipinski definition) is 6. The fourth-order valence-corrected chi connectivity index (χ4v) is 5.69. The quantitative estimate of drug-likeness (QED) is 0.330. The molecule has 0 bridgehead atoms. The van der Waals surface area contributed by atoms with E-state index in [1.165, 1.54) is 21.2 Å². The van der Waals surface area contributed by atoms with Gasteiger partial charge in [0.2, 0.25) is 0 Å². The van der Waals surface area contributed by atoms with E-state index >= 15 is 0 Å². The molecule has 0 saturated carbocycles. The normalized spacial score (nSPS) is 12.8. The van der Waals surface area contributed by atoms with E-state index < -0.39 is 8.80 Å². The average Bonchev–Trinajstić information content (AvgIpc) is 2.73. The second-order valence-corrected chi connectivity index (χ2v) is 10.4. The summed E-state index contributed by atoms with van der Waals surface area (Å²) in [5.41, 5.74) is 2.39. The maximum Gasteiger partial charge on any atom is 0.495 e. The number of nitrogens with zero attached hydrogens (tertiary/aromatic N) is 1. The number of benzene rings is 2. The fraction of sp³-hybridized carbons (Fsp3) is 0.381. The van der Waals surface area contributed by atoms with Crippen molar-refractivity contribution in [1.29, 1.82) is 0 Å². The van der Waals surface area contributed by atoms with Crippen molar-refractivity contribution in [3.05, 3.63) is 48.5 Å². The molecule has 1 heterocycles. The lowest BCUT2D eigenvalue weighted by molar-refractivity contribution is 0.155. The minimum absolute atomic E-state index is 0.174. The number of amides is 2. The molecular weight excluding hydrogens is 418 g/mol. The molecule has 7 nitrogen and oxygen atoms in total. The molecule has 0 unspecified atom stereocenters. The first-order chi connectivity index (χ1) is 14.5. The van der Waals surface area contributed by atoms with Crippen LogP contribution in [-0.2, 0) is 4.43 Å². The molecule has 3 rings (SSSR count). The largest absolute Gasteiger partial charge is 0.495 e. The maximum atomic E-state index is 12.0. The highest BCUT2D eigenvalue weighted by molar-refractivity contribution is 7.99. The molecule has 0 aliphatic carbocycles. The van der Waals surface area contributed by atoms with Gasteiger partial charge in [-0.15, -0.1) is 0 Å². The average molecular weight is 448 g/mol. The van der Waals surface area contributed by atoms with E-state index in [-0.39, 0.29) is 18.7 Å². The number of anilines is 2. The summed E-state index contributed by atoms with van der Waals surface area (Å²) in [6.45, 7) is 3.72. The van der Waals surface area contributed by atoms with Crippen molar-refractivity contribution in [2.75, 3.05) is 31.1 Å². The van der Waals surface area contributed by atoms with Gasteiger partial charge in [-0.1, -0.05) is 36.0 Å². The summed E-state index contributed by atoms with van der Waals surface area (Å²) in [4.78, 5) is 36.0. The van der Waals surface area contributed by atoms with E-state index in [9.17, 15) is 14.4 Å². The Morgan fingerprint density at radius 2 is 1.57 bits per heavy atom. The second kappa shape index (κ2) is 10.8. The van der Waals surface area contributed by atoms with Gasteiger partial charge in [0.25, 0.3) is 0 Å². The van der Waals surface area contributed by atoms with Crippen LogP contribution in [0.15, 0.2) is 58.3 Å². The molecule has 0 aromatic heterocycles. The van der Waals surface area contributed by atoms with Gasteiger partial charge in [0.1, 0.15) is 0 Å². The van der Waals surface area contributed by atoms with E-state index in [1.54, 1.807) is 18.7 Å². The Balaban J connectivity index is 1.42. The van der Waals surface area contributed by atoms with Crippen molar-refractivity contribution in [2.45, 2.75) is 35.6 Å². The molecule has 0 saturated heterocycles. The minimum atomic E-state index is -3.56. The van der Waals surface area contributed by atoms with Crippen molar-refractivity contribution in [1.82, 2.24) is 10.6 Å². The van der Waals surface area contributed by atoms with Crippen molar-refractivity contribution in [3.8, 4) is 0 Å². The number of hydrogen-bond donors (Lipinski definition) is 4. The van der Waals surface area contributed by atoms with Gasteiger partial charge < -0.3 is 29.6 Å². The standard InChI is InChI=1S/C21H29N3O4SSi/c1-2-28-30(26,27)16-8-14-23-21(25)22-13-7-15-24-17-9-3-5-11-19(17)29-20-12-6-4-10-18(20)24/h3-6,9-12,26-27H,2,7-8,13-16H2,1H3,(H2,22,23,25). The summed E-state index contributed by atoms with van der Waals surface area (Å²) < 4.78 is 4.94. The molecule has 30 heavy (non-hydrogen) atoms. The molecule has 1 aliphatic rings. The van der Waals surface area contributed by atoms with Crippen LogP contribution in [0.3, 0.4) is 0 Å². The first kappa shape index (κ1) is 22.6. The first-order valence-electron chi connectivity index (χ1n) is 10.2. The summed E-state index contributed by atoms with van der Waals surface area (Å²) in [5.74, 6) is 0. The van der Waals surface area contributed by atoms with Crippen LogP contribution < -0.4 is 15.5 Å².